The van der Waals surface area contributed by atoms with Gasteiger partial charge in [0.2, 0.25) is 0 Å². The maximum Gasteiger partial charge on any atom is 0.129 e. The topological polar surface area (TPSA) is 29.9 Å². The number of aryl methyl sites for hydroxylation is 1. The van der Waals surface area contributed by atoms with Gasteiger partial charge in [-0.15, -0.1) is 0 Å². The van der Waals surface area contributed by atoms with Gasteiger partial charge in [-0.3, -0.25) is 0 Å². The molecule has 0 aliphatic rings. The molecule has 21 heavy (non-hydrogen) atoms. The van der Waals surface area contributed by atoms with Gasteiger partial charge in [0.25, 0.3) is 0 Å². The quantitative estimate of drug-likeness (QED) is 0.847. The smallest absolute Gasteiger partial charge is 0.129 e. The average molecular weight is 293 g/mol. The Balaban J connectivity index is 2.24. The van der Waals surface area contributed by atoms with E-state index in [2.05, 4.69) is 17.2 Å². The molecule has 2 aromatic rings. The molecule has 0 amide bonds. The number of imidazole rings is 1. The second kappa shape index (κ2) is 7.31. The highest BCUT2D eigenvalue weighted by atomic mass is 19.1. The van der Waals surface area contributed by atoms with E-state index in [0.29, 0.717) is 12.0 Å². The van der Waals surface area contributed by atoms with E-state index < -0.39 is 11.6 Å². The summed E-state index contributed by atoms with van der Waals surface area (Å²) in [5.41, 5.74) is 0.496. The molecule has 114 valence electrons. The molecule has 3 nitrogen and oxygen atoms in total. The van der Waals surface area contributed by atoms with E-state index in [9.17, 15) is 8.78 Å². The first-order chi connectivity index (χ1) is 10.2. The fourth-order valence-corrected chi connectivity index (χ4v) is 2.38. The van der Waals surface area contributed by atoms with Crippen molar-refractivity contribution >= 4 is 0 Å². The summed E-state index contributed by atoms with van der Waals surface area (Å²) in [5, 5.41) is 3.39. The third kappa shape index (κ3) is 3.88. The van der Waals surface area contributed by atoms with E-state index in [1.54, 1.807) is 6.20 Å². The van der Waals surface area contributed by atoms with Crippen LogP contribution in [0, 0.1) is 11.6 Å². The first-order valence-corrected chi connectivity index (χ1v) is 7.34. The Bertz CT molecular complexity index is 581. The minimum atomic E-state index is -0.552. The lowest BCUT2D eigenvalue weighted by Crippen LogP contribution is -2.27. The lowest BCUT2D eigenvalue weighted by molar-refractivity contribution is 0.471. The van der Waals surface area contributed by atoms with Gasteiger partial charge in [-0.05, 0) is 37.9 Å². The van der Waals surface area contributed by atoms with E-state index in [0.717, 1.165) is 31.4 Å². The van der Waals surface area contributed by atoms with E-state index >= 15 is 0 Å². The first kappa shape index (κ1) is 15.6. The number of nitrogens with one attached hydrogen (secondary N) is 1. The van der Waals surface area contributed by atoms with Crippen LogP contribution in [-0.4, -0.2) is 16.1 Å². The van der Waals surface area contributed by atoms with E-state index in [1.165, 1.54) is 12.1 Å². The molecule has 0 fully saturated rings. The van der Waals surface area contributed by atoms with Crippen LogP contribution >= 0.6 is 0 Å². The predicted octanol–water partition coefficient (Wildman–Crippen LogP) is 3.46. The minimum absolute atomic E-state index is 0.0835. The van der Waals surface area contributed by atoms with Gasteiger partial charge in [-0.2, -0.15) is 0 Å². The fourth-order valence-electron chi connectivity index (χ4n) is 2.38. The Morgan fingerprint density at radius 1 is 1.29 bits per heavy atom. The van der Waals surface area contributed by atoms with Crippen LogP contribution in [0.25, 0.3) is 0 Å². The molecule has 0 saturated heterocycles. The minimum Gasteiger partial charge on any atom is -0.334 e. The van der Waals surface area contributed by atoms with Gasteiger partial charge >= 0.3 is 0 Å². The zero-order valence-corrected chi connectivity index (χ0v) is 12.4. The van der Waals surface area contributed by atoms with Crippen LogP contribution in [0.5, 0.6) is 0 Å². The lowest BCUT2D eigenvalue weighted by atomic mass is 10.0. The SMILES string of the molecule is CCCNC(Cc1ccc(F)cc1F)c1nccn1CC. The number of benzene rings is 1. The Kier molecular flexibility index (Phi) is 5.44. The van der Waals surface area contributed by atoms with Crippen molar-refractivity contribution in [3.63, 3.8) is 0 Å². The maximum atomic E-state index is 13.9. The Morgan fingerprint density at radius 3 is 2.76 bits per heavy atom. The molecular formula is C16H21F2N3. The number of aromatic nitrogens is 2. The van der Waals surface area contributed by atoms with Gasteiger partial charge in [-0.25, -0.2) is 13.8 Å². The number of hydrogen-bond acceptors (Lipinski definition) is 2. The third-order valence-corrected chi connectivity index (χ3v) is 3.48. The Morgan fingerprint density at radius 2 is 2.10 bits per heavy atom. The summed E-state index contributed by atoms with van der Waals surface area (Å²) in [5.74, 6) is -0.174. The molecule has 0 aliphatic heterocycles. The van der Waals surface area contributed by atoms with Crippen LogP contribution in [0.3, 0.4) is 0 Å². The van der Waals surface area contributed by atoms with Crippen LogP contribution in [0.1, 0.15) is 37.7 Å². The van der Waals surface area contributed by atoms with Crippen molar-refractivity contribution in [1.29, 1.82) is 0 Å². The summed E-state index contributed by atoms with van der Waals surface area (Å²) in [6, 6.07) is 3.64. The monoisotopic (exact) mass is 293 g/mol. The molecule has 0 bridgehead atoms. The van der Waals surface area contributed by atoms with Gasteiger partial charge < -0.3 is 9.88 Å². The maximum absolute atomic E-state index is 13.9. The molecule has 1 aromatic carbocycles. The van der Waals surface area contributed by atoms with Gasteiger partial charge in [0.05, 0.1) is 6.04 Å². The zero-order chi connectivity index (χ0) is 15.2. The summed E-state index contributed by atoms with van der Waals surface area (Å²) in [6.45, 7) is 5.75. The highest BCUT2D eigenvalue weighted by Crippen LogP contribution is 2.20. The van der Waals surface area contributed by atoms with Crippen molar-refractivity contribution in [3.05, 3.63) is 53.6 Å². The number of hydrogen-bond donors (Lipinski definition) is 1. The van der Waals surface area contributed by atoms with Gasteiger partial charge in [-0.1, -0.05) is 13.0 Å². The largest absolute Gasteiger partial charge is 0.334 e. The Hall–Kier alpha value is -1.75. The van der Waals surface area contributed by atoms with E-state index in [1.807, 2.05) is 17.7 Å². The van der Waals surface area contributed by atoms with Crippen LogP contribution in [0.15, 0.2) is 30.6 Å². The van der Waals surface area contributed by atoms with Crippen LogP contribution < -0.4 is 5.32 Å². The van der Waals surface area contributed by atoms with E-state index in [-0.39, 0.29) is 6.04 Å². The van der Waals surface area contributed by atoms with Crippen molar-refractivity contribution in [3.8, 4) is 0 Å². The normalized spacial score (nSPS) is 12.6. The highest BCUT2D eigenvalue weighted by Gasteiger charge is 2.18. The molecule has 2 rings (SSSR count). The van der Waals surface area contributed by atoms with Crippen molar-refractivity contribution in [1.82, 2.24) is 14.9 Å². The molecule has 0 spiro atoms. The molecule has 1 heterocycles. The molecule has 0 saturated carbocycles. The summed E-state index contributed by atoms with van der Waals surface area (Å²) >= 11 is 0. The Labute approximate surface area is 124 Å². The summed E-state index contributed by atoms with van der Waals surface area (Å²) in [6.07, 6.45) is 5.09. The molecule has 1 aromatic heterocycles. The van der Waals surface area contributed by atoms with Crippen molar-refractivity contribution in [2.75, 3.05) is 6.54 Å². The van der Waals surface area contributed by atoms with Gasteiger partial charge in [0, 0.05) is 25.0 Å². The van der Waals surface area contributed by atoms with Crippen LogP contribution in [-0.2, 0) is 13.0 Å². The fraction of sp³-hybridized carbons (Fsp3) is 0.438. The van der Waals surface area contributed by atoms with Gasteiger partial charge in [0.15, 0.2) is 0 Å². The zero-order valence-electron chi connectivity index (χ0n) is 12.4. The first-order valence-electron chi connectivity index (χ1n) is 7.34. The second-order valence-electron chi connectivity index (χ2n) is 5.02. The molecule has 1 atom stereocenters. The third-order valence-electron chi connectivity index (χ3n) is 3.48. The summed E-state index contributed by atoms with van der Waals surface area (Å²) in [7, 11) is 0. The molecule has 1 unspecified atom stereocenters. The molecule has 0 aliphatic carbocycles. The van der Waals surface area contributed by atoms with Crippen LogP contribution in [0.2, 0.25) is 0 Å². The van der Waals surface area contributed by atoms with E-state index in [4.69, 9.17) is 0 Å². The number of halogens is 2. The number of rotatable bonds is 7. The summed E-state index contributed by atoms with van der Waals surface area (Å²) in [4.78, 5) is 4.39. The number of nitrogens with zero attached hydrogens (tertiary/aromatic N) is 2. The van der Waals surface area contributed by atoms with Crippen molar-refractivity contribution in [2.24, 2.45) is 0 Å². The second-order valence-corrected chi connectivity index (χ2v) is 5.02. The van der Waals surface area contributed by atoms with Crippen molar-refractivity contribution in [2.45, 2.75) is 39.3 Å². The predicted molar refractivity (Wildman–Crippen MR) is 79.0 cm³/mol. The van der Waals surface area contributed by atoms with Crippen molar-refractivity contribution < 1.29 is 8.78 Å². The van der Waals surface area contributed by atoms with Crippen LogP contribution in [0.4, 0.5) is 8.78 Å². The van der Waals surface area contributed by atoms with Gasteiger partial charge in [0.1, 0.15) is 17.5 Å². The lowest BCUT2D eigenvalue weighted by Gasteiger charge is -2.19. The summed E-state index contributed by atoms with van der Waals surface area (Å²) < 4.78 is 28.9. The highest BCUT2D eigenvalue weighted by molar-refractivity contribution is 5.21. The molecule has 0 radical (unpaired) electrons. The molecular weight excluding hydrogens is 272 g/mol. The average Bonchev–Trinajstić information content (AvgIpc) is 2.94. The molecule has 1 N–H and O–H groups in total. The standard InChI is InChI=1S/C16H21F2N3/c1-3-7-19-15(16-20-8-9-21(16)4-2)10-12-5-6-13(17)11-14(12)18/h5-6,8-9,11,15,19H,3-4,7,10H2,1-2H3. The molecule has 5 heteroatoms.